The summed E-state index contributed by atoms with van der Waals surface area (Å²) >= 11 is 0. The third-order valence-corrected chi connectivity index (χ3v) is 3.94. The van der Waals surface area contributed by atoms with E-state index in [0.717, 1.165) is 5.92 Å². The molecule has 1 saturated heterocycles. The standard InChI is InChI=1S/C14H30N2/c1-12-7-6-9-16(10-8-12)11-13(15-5)14(2,3)4/h12-13,15H,6-11H2,1-5H3. The van der Waals surface area contributed by atoms with Crippen molar-refractivity contribution in [2.24, 2.45) is 11.3 Å². The molecule has 2 heteroatoms. The van der Waals surface area contributed by atoms with Crippen LogP contribution in [0.25, 0.3) is 0 Å². The van der Waals surface area contributed by atoms with E-state index in [9.17, 15) is 0 Å². The van der Waals surface area contributed by atoms with E-state index in [4.69, 9.17) is 0 Å². The van der Waals surface area contributed by atoms with Crippen LogP contribution in [-0.2, 0) is 0 Å². The molecule has 2 atom stereocenters. The van der Waals surface area contributed by atoms with Crippen LogP contribution >= 0.6 is 0 Å². The second kappa shape index (κ2) is 6.02. The summed E-state index contributed by atoms with van der Waals surface area (Å²) in [5, 5.41) is 3.48. The molecule has 1 heterocycles. The van der Waals surface area contributed by atoms with Gasteiger partial charge in [0.2, 0.25) is 0 Å². The van der Waals surface area contributed by atoms with E-state index in [1.54, 1.807) is 0 Å². The van der Waals surface area contributed by atoms with Crippen molar-refractivity contribution in [2.45, 2.75) is 53.0 Å². The summed E-state index contributed by atoms with van der Waals surface area (Å²) in [6, 6.07) is 0.598. The van der Waals surface area contributed by atoms with Gasteiger partial charge >= 0.3 is 0 Å². The average molecular weight is 226 g/mol. The van der Waals surface area contributed by atoms with E-state index in [2.05, 4.69) is 45.0 Å². The molecule has 2 nitrogen and oxygen atoms in total. The molecule has 0 aromatic heterocycles. The summed E-state index contributed by atoms with van der Waals surface area (Å²) in [5.41, 5.74) is 0.354. The summed E-state index contributed by atoms with van der Waals surface area (Å²) in [7, 11) is 2.09. The molecule has 1 fully saturated rings. The average Bonchev–Trinajstić information content (AvgIpc) is 2.38. The quantitative estimate of drug-likeness (QED) is 0.796. The Morgan fingerprint density at radius 2 is 1.94 bits per heavy atom. The number of likely N-dealkylation sites (N-methyl/N-ethyl adjacent to an activating group) is 1. The Bertz CT molecular complexity index is 195. The third kappa shape index (κ3) is 4.42. The molecule has 0 saturated carbocycles. The van der Waals surface area contributed by atoms with Crippen LogP contribution in [0.4, 0.5) is 0 Å². The summed E-state index contributed by atoms with van der Waals surface area (Å²) in [6.45, 7) is 13.2. The fourth-order valence-electron chi connectivity index (χ4n) is 2.56. The molecule has 1 aliphatic rings. The van der Waals surface area contributed by atoms with Gasteiger partial charge in [0.15, 0.2) is 0 Å². The highest BCUT2D eigenvalue weighted by Gasteiger charge is 2.25. The Balaban J connectivity index is 2.45. The molecule has 0 amide bonds. The topological polar surface area (TPSA) is 15.3 Å². The second-order valence-electron chi connectivity index (χ2n) is 6.54. The van der Waals surface area contributed by atoms with Crippen molar-refractivity contribution in [3.8, 4) is 0 Å². The van der Waals surface area contributed by atoms with Crippen LogP contribution in [0.3, 0.4) is 0 Å². The number of hydrogen-bond donors (Lipinski definition) is 1. The molecular formula is C14H30N2. The molecule has 0 radical (unpaired) electrons. The number of nitrogens with one attached hydrogen (secondary N) is 1. The van der Waals surface area contributed by atoms with Gasteiger partial charge in [-0.3, -0.25) is 0 Å². The zero-order valence-electron chi connectivity index (χ0n) is 11.8. The number of rotatable bonds is 3. The summed E-state index contributed by atoms with van der Waals surface area (Å²) in [4.78, 5) is 2.65. The van der Waals surface area contributed by atoms with Gasteiger partial charge in [0.25, 0.3) is 0 Å². The number of likely N-dealkylation sites (tertiary alicyclic amines) is 1. The Labute approximate surface area is 102 Å². The van der Waals surface area contributed by atoms with Crippen LogP contribution in [-0.4, -0.2) is 37.6 Å². The van der Waals surface area contributed by atoms with Gasteiger partial charge in [-0.05, 0) is 50.7 Å². The van der Waals surface area contributed by atoms with E-state index >= 15 is 0 Å². The SMILES string of the molecule is CNC(CN1CCCC(C)CC1)C(C)(C)C. The van der Waals surface area contributed by atoms with Crippen LogP contribution in [0.15, 0.2) is 0 Å². The van der Waals surface area contributed by atoms with Gasteiger partial charge in [-0.2, -0.15) is 0 Å². The van der Waals surface area contributed by atoms with Gasteiger partial charge in [-0.15, -0.1) is 0 Å². The maximum atomic E-state index is 3.48. The van der Waals surface area contributed by atoms with E-state index in [1.807, 2.05) is 0 Å². The number of hydrogen-bond acceptors (Lipinski definition) is 2. The van der Waals surface area contributed by atoms with Crippen LogP contribution in [0.1, 0.15) is 47.0 Å². The van der Waals surface area contributed by atoms with Crippen LogP contribution in [0.5, 0.6) is 0 Å². The minimum atomic E-state index is 0.354. The van der Waals surface area contributed by atoms with Gasteiger partial charge < -0.3 is 10.2 Å². The van der Waals surface area contributed by atoms with Crippen molar-refractivity contribution in [1.29, 1.82) is 0 Å². The second-order valence-corrected chi connectivity index (χ2v) is 6.54. The largest absolute Gasteiger partial charge is 0.315 e. The molecule has 0 aromatic rings. The minimum Gasteiger partial charge on any atom is -0.315 e. The molecule has 2 unspecified atom stereocenters. The smallest absolute Gasteiger partial charge is 0.0240 e. The van der Waals surface area contributed by atoms with Gasteiger partial charge in [-0.25, -0.2) is 0 Å². The first kappa shape index (κ1) is 14.0. The van der Waals surface area contributed by atoms with Gasteiger partial charge in [0.1, 0.15) is 0 Å². The van der Waals surface area contributed by atoms with Gasteiger partial charge in [0.05, 0.1) is 0 Å². The Morgan fingerprint density at radius 1 is 1.25 bits per heavy atom. The van der Waals surface area contributed by atoms with Gasteiger partial charge in [-0.1, -0.05) is 27.7 Å². The lowest BCUT2D eigenvalue weighted by atomic mass is 9.86. The first-order valence-electron chi connectivity index (χ1n) is 6.83. The first-order chi connectivity index (χ1) is 7.43. The maximum absolute atomic E-state index is 3.48. The van der Waals surface area contributed by atoms with Crippen molar-refractivity contribution in [2.75, 3.05) is 26.7 Å². The molecule has 0 bridgehead atoms. The molecule has 16 heavy (non-hydrogen) atoms. The fraction of sp³-hybridized carbons (Fsp3) is 1.00. The van der Waals surface area contributed by atoms with Gasteiger partial charge in [0, 0.05) is 12.6 Å². The Hall–Kier alpha value is -0.0800. The van der Waals surface area contributed by atoms with Crippen LogP contribution in [0, 0.1) is 11.3 Å². The molecule has 96 valence electrons. The number of nitrogens with zero attached hydrogens (tertiary/aromatic N) is 1. The molecule has 0 spiro atoms. The molecule has 0 aromatic carbocycles. The lowest BCUT2D eigenvalue weighted by molar-refractivity contribution is 0.182. The molecule has 0 aliphatic carbocycles. The normalized spacial score (nSPS) is 26.4. The third-order valence-electron chi connectivity index (χ3n) is 3.94. The molecular weight excluding hydrogens is 196 g/mol. The van der Waals surface area contributed by atoms with E-state index in [1.165, 1.54) is 38.9 Å². The van der Waals surface area contributed by atoms with Crippen molar-refractivity contribution in [3.05, 3.63) is 0 Å². The van der Waals surface area contributed by atoms with Crippen molar-refractivity contribution < 1.29 is 0 Å². The predicted molar refractivity (Wildman–Crippen MR) is 71.8 cm³/mol. The summed E-state index contributed by atoms with van der Waals surface area (Å²) in [6.07, 6.45) is 4.17. The van der Waals surface area contributed by atoms with E-state index < -0.39 is 0 Å². The molecule has 1 N–H and O–H groups in total. The monoisotopic (exact) mass is 226 g/mol. The van der Waals surface area contributed by atoms with E-state index in [-0.39, 0.29) is 0 Å². The molecule has 1 rings (SSSR count). The highest BCUT2D eigenvalue weighted by atomic mass is 15.1. The van der Waals surface area contributed by atoms with Crippen molar-refractivity contribution in [1.82, 2.24) is 10.2 Å². The Morgan fingerprint density at radius 3 is 2.50 bits per heavy atom. The van der Waals surface area contributed by atoms with Crippen LogP contribution in [0.2, 0.25) is 0 Å². The lowest BCUT2D eigenvalue weighted by Gasteiger charge is -2.35. The summed E-state index contributed by atoms with van der Waals surface area (Å²) < 4.78 is 0. The lowest BCUT2D eigenvalue weighted by Crippen LogP contribution is -2.47. The molecule has 1 aliphatic heterocycles. The zero-order valence-corrected chi connectivity index (χ0v) is 11.8. The van der Waals surface area contributed by atoms with Crippen molar-refractivity contribution in [3.63, 3.8) is 0 Å². The first-order valence-corrected chi connectivity index (χ1v) is 6.83. The summed E-state index contributed by atoms with van der Waals surface area (Å²) in [5.74, 6) is 0.924. The maximum Gasteiger partial charge on any atom is 0.0240 e. The zero-order chi connectivity index (χ0) is 12.2. The highest BCUT2D eigenvalue weighted by Crippen LogP contribution is 2.22. The van der Waals surface area contributed by atoms with Crippen LogP contribution < -0.4 is 5.32 Å². The van der Waals surface area contributed by atoms with E-state index in [0.29, 0.717) is 11.5 Å². The fourth-order valence-corrected chi connectivity index (χ4v) is 2.56. The van der Waals surface area contributed by atoms with Crippen molar-refractivity contribution >= 4 is 0 Å². The Kier molecular flexibility index (Phi) is 5.26. The predicted octanol–water partition coefficient (Wildman–Crippen LogP) is 2.74. The highest BCUT2D eigenvalue weighted by molar-refractivity contribution is 4.83. The minimum absolute atomic E-state index is 0.354.